The van der Waals surface area contributed by atoms with Crippen LogP contribution in [0.4, 0.5) is 13.2 Å². The van der Waals surface area contributed by atoms with Crippen LogP contribution in [0.15, 0.2) is 0 Å². The summed E-state index contributed by atoms with van der Waals surface area (Å²) in [6.45, 7) is 0. The molecule has 1 saturated carbocycles. The Labute approximate surface area is 80.7 Å². The number of hydrogen-bond acceptors (Lipinski definition) is 2. The van der Waals surface area contributed by atoms with E-state index in [1.54, 1.807) is 0 Å². The molecular weight excluding hydrogens is 219 g/mol. The van der Waals surface area contributed by atoms with Crippen molar-refractivity contribution in [1.29, 1.82) is 0 Å². The molecule has 0 aromatic carbocycles. The fourth-order valence-corrected chi connectivity index (χ4v) is 2.45. The highest BCUT2D eigenvalue weighted by Crippen LogP contribution is 2.22. The highest BCUT2D eigenvalue weighted by Gasteiger charge is 2.31. The van der Waals surface area contributed by atoms with Crippen LogP contribution < -0.4 is 4.72 Å². The van der Waals surface area contributed by atoms with Crippen LogP contribution >= 0.6 is 0 Å². The zero-order chi connectivity index (χ0) is 10.8. The van der Waals surface area contributed by atoms with Gasteiger partial charge in [-0.15, -0.1) is 0 Å². The van der Waals surface area contributed by atoms with E-state index in [2.05, 4.69) is 4.72 Å². The molecule has 7 heteroatoms. The van der Waals surface area contributed by atoms with Gasteiger partial charge in [0.25, 0.3) is 0 Å². The maximum absolute atomic E-state index is 11.7. The Kier molecular flexibility index (Phi) is 3.41. The Hall–Kier alpha value is -0.300. The molecule has 1 fully saturated rings. The molecule has 0 spiro atoms. The van der Waals surface area contributed by atoms with Gasteiger partial charge >= 0.3 is 6.18 Å². The largest absolute Gasteiger partial charge is 0.390 e. The fourth-order valence-electron chi connectivity index (χ4n) is 1.09. The predicted octanol–water partition coefficient (Wildman–Crippen LogP) is 1.41. The molecule has 1 N–H and O–H groups in total. The van der Waals surface area contributed by atoms with Crippen molar-refractivity contribution in [3.63, 3.8) is 0 Å². The molecule has 0 bridgehead atoms. The molecule has 1 aliphatic rings. The second kappa shape index (κ2) is 4.06. The summed E-state index contributed by atoms with van der Waals surface area (Å²) in [6.07, 6.45) is -3.30. The summed E-state index contributed by atoms with van der Waals surface area (Å²) in [6, 6.07) is -0.145. The molecule has 0 unspecified atom stereocenters. The lowest BCUT2D eigenvalue weighted by molar-refractivity contribution is -0.130. The van der Waals surface area contributed by atoms with Crippen molar-refractivity contribution in [2.75, 3.05) is 5.75 Å². The van der Waals surface area contributed by atoms with Crippen molar-refractivity contribution in [3.05, 3.63) is 0 Å². The van der Waals surface area contributed by atoms with Crippen LogP contribution in [0.5, 0.6) is 0 Å². The molecule has 0 radical (unpaired) electrons. The second-order valence-electron chi connectivity index (χ2n) is 3.43. The summed E-state index contributed by atoms with van der Waals surface area (Å²) >= 11 is 0. The zero-order valence-electron chi connectivity index (χ0n) is 7.47. The highest BCUT2D eigenvalue weighted by atomic mass is 32.2. The number of rotatable bonds is 4. The first-order valence-electron chi connectivity index (χ1n) is 4.35. The lowest BCUT2D eigenvalue weighted by Crippen LogP contribution is -2.41. The van der Waals surface area contributed by atoms with Gasteiger partial charge in [-0.3, -0.25) is 0 Å². The van der Waals surface area contributed by atoms with E-state index in [1.807, 2.05) is 0 Å². The molecule has 0 aromatic heterocycles. The third-order valence-electron chi connectivity index (χ3n) is 2.11. The van der Waals surface area contributed by atoms with Crippen molar-refractivity contribution in [2.45, 2.75) is 37.9 Å². The number of halogens is 3. The lowest BCUT2D eigenvalue weighted by atomic mass is 9.94. The van der Waals surface area contributed by atoms with Gasteiger partial charge in [0.05, 0.1) is 12.2 Å². The Balaban J connectivity index is 2.34. The summed E-state index contributed by atoms with van der Waals surface area (Å²) in [5.41, 5.74) is 0. The van der Waals surface area contributed by atoms with Crippen LogP contribution in [-0.2, 0) is 10.0 Å². The maximum atomic E-state index is 11.7. The zero-order valence-corrected chi connectivity index (χ0v) is 8.29. The highest BCUT2D eigenvalue weighted by molar-refractivity contribution is 7.89. The van der Waals surface area contributed by atoms with Gasteiger partial charge in [-0.05, 0) is 12.8 Å². The Bertz CT molecular complexity index is 282. The SMILES string of the molecule is O=S(=O)(CCC(F)(F)F)NC1CCC1. The van der Waals surface area contributed by atoms with Crippen molar-refractivity contribution >= 4 is 10.0 Å². The van der Waals surface area contributed by atoms with E-state index in [1.165, 1.54) is 0 Å². The topological polar surface area (TPSA) is 46.2 Å². The van der Waals surface area contributed by atoms with Crippen LogP contribution in [0.2, 0.25) is 0 Å². The van der Waals surface area contributed by atoms with Crippen LogP contribution in [0, 0.1) is 0 Å². The predicted molar refractivity (Wildman–Crippen MR) is 45.2 cm³/mol. The maximum Gasteiger partial charge on any atom is 0.390 e. The standard InChI is InChI=1S/C7H12F3NO2S/c8-7(9,10)4-5-14(12,13)11-6-2-1-3-6/h6,11H,1-5H2. The van der Waals surface area contributed by atoms with E-state index >= 15 is 0 Å². The minimum atomic E-state index is -4.41. The average molecular weight is 231 g/mol. The van der Waals surface area contributed by atoms with Crippen LogP contribution in [0.3, 0.4) is 0 Å². The number of nitrogens with one attached hydrogen (secondary N) is 1. The first kappa shape index (κ1) is 11.8. The van der Waals surface area contributed by atoms with Crippen molar-refractivity contribution in [2.24, 2.45) is 0 Å². The number of alkyl halides is 3. The van der Waals surface area contributed by atoms with Gasteiger partial charge in [0.2, 0.25) is 10.0 Å². The summed E-state index contributed by atoms with van der Waals surface area (Å²) in [7, 11) is -3.74. The Morgan fingerprint density at radius 1 is 1.29 bits per heavy atom. The first-order valence-corrected chi connectivity index (χ1v) is 6.00. The second-order valence-corrected chi connectivity index (χ2v) is 5.30. The molecule has 0 atom stereocenters. The molecule has 0 aliphatic heterocycles. The molecule has 3 nitrogen and oxygen atoms in total. The van der Waals surface area contributed by atoms with Gasteiger partial charge < -0.3 is 0 Å². The van der Waals surface area contributed by atoms with Crippen molar-refractivity contribution in [3.8, 4) is 0 Å². The molecule has 84 valence electrons. The summed E-state index contributed by atoms with van der Waals surface area (Å²) in [4.78, 5) is 0. The first-order chi connectivity index (χ1) is 6.29. The molecule has 0 saturated heterocycles. The Morgan fingerprint density at radius 2 is 1.86 bits per heavy atom. The van der Waals surface area contributed by atoms with E-state index in [0.29, 0.717) is 0 Å². The van der Waals surface area contributed by atoms with E-state index < -0.39 is 28.4 Å². The molecule has 1 aliphatic carbocycles. The molecule has 0 aromatic rings. The molecular formula is C7H12F3NO2S. The van der Waals surface area contributed by atoms with Gasteiger partial charge in [-0.25, -0.2) is 13.1 Å². The monoisotopic (exact) mass is 231 g/mol. The molecule has 0 amide bonds. The van der Waals surface area contributed by atoms with E-state index in [-0.39, 0.29) is 6.04 Å². The summed E-state index contributed by atoms with van der Waals surface area (Å²) in [5, 5.41) is 0. The van der Waals surface area contributed by atoms with Gasteiger partial charge in [0, 0.05) is 6.04 Å². The van der Waals surface area contributed by atoms with Crippen LogP contribution in [0.1, 0.15) is 25.7 Å². The molecule has 14 heavy (non-hydrogen) atoms. The minimum Gasteiger partial charge on any atom is -0.212 e. The van der Waals surface area contributed by atoms with Crippen LogP contribution in [-0.4, -0.2) is 26.4 Å². The van der Waals surface area contributed by atoms with E-state index in [0.717, 1.165) is 19.3 Å². The fraction of sp³-hybridized carbons (Fsp3) is 1.00. The smallest absolute Gasteiger partial charge is 0.212 e. The van der Waals surface area contributed by atoms with Gasteiger partial charge in [-0.2, -0.15) is 13.2 Å². The average Bonchev–Trinajstić information content (AvgIpc) is 1.93. The third-order valence-corrected chi connectivity index (χ3v) is 3.54. The van der Waals surface area contributed by atoms with Crippen molar-refractivity contribution in [1.82, 2.24) is 4.72 Å². The van der Waals surface area contributed by atoms with Gasteiger partial charge in [0.1, 0.15) is 0 Å². The van der Waals surface area contributed by atoms with E-state index in [4.69, 9.17) is 0 Å². The van der Waals surface area contributed by atoms with Crippen LogP contribution in [0.25, 0.3) is 0 Å². The number of hydrogen-bond donors (Lipinski definition) is 1. The summed E-state index contributed by atoms with van der Waals surface area (Å²) in [5.74, 6) is -0.868. The van der Waals surface area contributed by atoms with Gasteiger partial charge in [-0.1, -0.05) is 6.42 Å². The number of sulfonamides is 1. The third kappa shape index (κ3) is 4.28. The normalized spacial score (nSPS) is 19.4. The summed E-state index contributed by atoms with van der Waals surface area (Å²) < 4.78 is 59.6. The Morgan fingerprint density at radius 3 is 2.21 bits per heavy atom. The van der Waals surface area contributed by atoms with Crippen molar-refractivity contribution < 1.29 is 21.6 Å². The quantitative estimate of drug-likeness (QED) is 0.795. The lowest BCUT2D eigenvalue weighted by Gasteiger charge is -2.26. The van der Waals surface area contributed by atoms with E-state index in [9.17, 15) is 21.6 Å². The minimum absolute atomic E-state index is 0.145. The van der Waals surface area contributed by atoms with Gasteiger partial charge in [0.15, 0.2) is 0 Å². The molecule has 0 heterocycles. The molecule has 1 rings (SSSR count).